The molecule has 0 aromatic rings. The van der Waals surface area contributed by atoms with Gasteiger partial charge in [-0.15, -0.1) is 0 Å². The molecule has 0 aliphatic carbocycles. The van der Waals surface area contributed by atoms with Crippen molar-refractivity contribution in [1.82, 2.24) is 5.06 Å². The minimum atomic E-state index is -2.17. The van der Waals surface area contributed by atoms with E-state index in [0.717, 1.165) is 6.42 Å². The van der Waals surface area contributed by atoms with Crippen molar-refractivity contribution < 1.29 is 13.0 Å². The number of hydrogen-bond acceptors (Lipinski definition) is 3. The summed E-state index contributed by atoms with van der Waals surface area (Å²) in [7, 11) is 0. The van der Waals surface area contributed by atoms with Crippen LogP contribution in [0.25, 0.3) is 0 Å². The van der Waals surface area contributed by atoms with E-state index in [-0.39, 0.29) is 0 Å². The van der Waals surface area contributed by atoms with Gasteiger partial charge in [-0.25, -0.2) is 0 Å². The zero-order valence-corrected chi connectivity index (χ0v) is 7.06. The first kappa shape index (κ1) is 10.0. The van der Waals surface area contributed by atoms with Crippen LogP contribution in [0.4, 0.5) is 0 Å². The first-order chi connectivity index (χ1) is 4.70. The normalized spacial score (nSPS) is 14.0. The van der Waals surface area contributed by atoms with Crippen LogP contribution in [0.2, 0.25) is 0 Å². The first-order valence-corrected chi connectivity index (χ1v) is 4.28. The van der Waals surface area contributed by atoms with Gasteiger partial charge in [0.05, 0.1) is 0 Å². The molecule has 0 saturated carbocycles. The Morgan fingerprint density at radius 3 is 2.50 bits per heavy atom. The Balaban J connectivity index is 3.49. The predicted octanol–water partition coefficient (Wildman–Crippen LogP) is 0.787. The molecule has 0 rings (SSSR count). The van der Waals surface area contributed by atoms with Crippen LogP contribution >= 0.6 is 0 Å². The standard InChI is InChI=1S/C5H13NO3S/c1-3-5-6(4-2)9-10(7)8/h3-5H2,1-2H3,(H,7,8). The van der Waals surface area contributed by atoms with E-state index in [1.54, 1.807) is 0 Å². The largest absolute Gasteiger partial charge is 0.319 e. The molecule has 0 fully saturated rings. The van der Waals surface area contributed by atoms with E-state index < -0.39 is 11.4 Å². The summed E-state index contributed by atoms with van der Waals surface area (Å²) in [6.07, 6.45) is 0.908. The third-order valence-corrected chi connectivity index (χ3v) is 1.33. The quantitative estimate of drug-likeness (QED) is 0.485. The van der Waals surface area contributed by atoms with Crippen molar-refractivity contribution in [2.75, 3.05) is 13.1 Å². The molecule has 0 aromatic heterocycles. The van der Waals surface area contributed by atoms with Crippen LogP contribution in [0.5, 0.6) is 0 Å². The topological polar surface area (TPSA) is 49.8 Å². The third kappa shape index (κ3) is 4.87. The Morgan fingerprint density at radius 1 is 1.60 bits per heavy atom. The predicted molar refractivity (Wildman–Crippen MR) is 39.4 cm³/mol. The van der Waals surface area contributed by atoms with E-state index in [2.05, 4.69) is 4.28 Å². The molecule has 1 atom stereocenters. The van der Waals surface area contributed by atoms with Crippen LogP contribution in [-0.4, -0.2) is 26.9 Å². The Kier molecular flexibility index (Phi) is 5.81. The van der Waals surface area contributed by atoms with Crippen LogP contribution in [0, 0.1) is 0 Å². The van der Waals surface area contributed by atoms with Crippen molar-refractivity contribution in [2.24, 2.45) is 0 Å². The molecule has 4 nitrogen and oxygen atoms in total. The summed E-state index contributed by atoms with van der Waals surface area (Å²) in [6.45, 7) is 5.15. The molecule has 1 N–H and O–H groups in total. The van der Waals surface area contributed by atoms with Crippen LogP contribution < -0.4 is 0 Å². The molecule has 0 aliphatic heterocycles. The third-order valence-electron chi connectivity index (χ3n) is 0.995. The van der Waals surface area contributed by atoms with Crippen LogP contribution in [0.3, 0.4) is 0 Å². The van der Waals surface area contributed by atoms with Gasteiger partial charge in [0, 0.05) is 13.1 Å². The Morgan fingerprint density at radius 2 is 2.20 bits per heavy atom. The van der Waals surface area contributed by atoms with Gasteiger partial charge in [-0.2, -0.15) is 13.6 Å². The summed E-state index contributed by atoms with van der Waals surface area (Å²) in [5.41, 5.74) is 0. The van der Waals surface area contributed by atoms with Crippen LogP contribution in [0.15, 0.2) is 0 Å². The molecule has 0 amide bonds. The SMILES string of the molecule is CCCN(CC)OS(=O)O. The number of nitrogens with zero attached hydrogens (tertiary/aromatic N) is 1. The number of rotatable bonds is 5. The van der Waals surface area contributed by atoms with E-state index >= 15 is 0 Å². The van der Waals surface area contributed by atoms with Gasteiger partial charge in [0.2, 0.25) is 0 Å². The van der Waals surface area contributed by atoms with Gasteiger partial charge in [0.1, 0.15) is 0 Å². The second-order valence-electron chi connectivity index (χ2n) is 1.81. The zero-order valence-electron chi connectivity index (χ0n) is 6.24. The molecule has 5 heteroatoms. The van der Waals surface area contributed by atoms with Gasteiger partial charge in [-0.05, 0) is 6.42 Å². The molecule has 0 spiro atoms. The fourth-order valence-corrected chi connectivity index (χ4v) is 0.948. The smallest absolute Gasteiger partial charge is 0.283 e. The second-order valence-corrected chi connectivity index (χ2v) is 2.40. The molecular formula is C5H13NO3S. The first-order valence-electron chi connectivity index (χ1n) is 3.25. The maximum absolute atomic E-state index is 10.1. The van der Waals surface area contributed by atoms with Crippen molar-refractivity contribution in [3.8, 4) is 0 Å². The summed E-state index contributed by atoms with van der Waals surface area (Å²) in [4.78, 5) is 0. The van der Waals surface area contributed by atoms with Crippen LogP contribution in [-0.2, 0) is 15.6 Å². The molecule has 1 unspecified atom stereocenters. The minimum absolute atomic E-state index is 0.625. The van der Waals surface area contributed by atoms with Crippen LogP contribution in [0.1, 0.15) is 20.3 Å². The number of hydroxylamine groups is 2. The fourth-order valence-electron chi connectivity index (χ4n) is 0.588. The van der Waals surface area contributed by atoms with E-state index in [9.17, 15) is 4.21 Å². The molecule has 10 heavy (non-hydrogen) atoms. The highest BCUT2D eigenvalue weighted by molar-refractivity contribution is 7.74. The molecular weight excluding hydrogens is 154 g/mol. The lowest BCUT2D eigenvalue weighted by molar-refractivity contribution is -0.0476. The zero-order chi connectivity index (χ0) is 7.98. The molecule has 0 bridgehead atoms. The summed E-state index contributed by atoms with van der Waals surface area (Å²) in [5, 5.41) is 1.45. The number of hydrogen-bond donors (Lipinski definition) is 1. The molecule has 62 valence electrons. The lowest BCUT2D eigenvalue weighted by atomic mass is 10.5. The highest BCUT2D eigenvalue weighted by atomic mass is 32.2. The summed E-state index contributed by atoms with van der Waals surface area (Å²) in [6, 6.07) is 0. The van der Waals surface area contributed by atoms with Crippen molar-refractivity contribution in [3.05, 3.63) is 0 Å². The molecule has 0 saturated heterocycles. The Hall–Kier alpha value is 0.0300. The van der Waals surface area contributed by atoms with E-state index in [4.69, 9.17) is 4.55 Å². The van der Waals surface area contributed by atoms with Crippen molar-refractivity contribution in [2.45, 2.75) is 20.3 Å². The van der Waals surface area contributed by atoms with E-state index in [1.165, 1.54) is 5.06 Å². The summed E-state index contributed by atoms with van der Waals surface area (Å²) < 4.78 is 22.9. The van der Waals surface area contributed by atoms with Crippen molar-refractivity contribution >= 4 is 11.4 Å². The van der Waals surface area contributed by atoms with Gasteiger partial charge in [0.15, 0.2) is 0 Å². The van der Waals surface area contributed by atoms with Gasteiger partial charge in [0.25, 0.3) is 0 Å². The maximum Gasteiger partial charge on any atom is 0.319 e. The van der Waals surface area contributed by atoms with Gasteiger partial charge < -0.3 is 0 Å². The molecule has 0 heterocycles. The highest BCUT2D eigenvalue weighted by Crippen LogP contribution is 1.93. The van der Waals surface area contributed by atoms with E-state index in [1.807, 2.05) is 13.8 Å². The molecule has 0 aromatic carbocycles. The van der Waals surface area contributed by atoms with E-state index in [0.29, 0.717) is 13.1 Å². The van der Waals surface area contributed by atoms with Gasteiger partial charge in [-0.1, -0.05) is 13.8 Å². The summed E-state index contributed by atoms with van der Waals surface area (Å²) >= 11 is -2.17. The molecule has 0 radical (unpaired) electrons. The average molecular weight is 167 g/mol. The van der Waals surface area contributed by atoms with Gasteiger partial charge in [-0.3, -0.25) is 4.55 Å². The van der Waals surface area contributed by atoms with Crippen molar-refractivity contribution in [3.63, 3.8) is 0 Å². The maximum atomic E-state index is 10.1. The fraction of sp³-hybridized carbons (Fsp3) is 1.00. The lowest BCUT2D eigenvalue weighted by Gasteiger charge is -2.14. The molecule has 0 aliphatic rings. The monoisotopic (exact) mass is 167 g/mol. The average Bonchev–Trinajstić information content (AvgIpc) is 1.86. The summed E-state index contributed by atoms with van der Waals surface area (Å²) in [5.74, 6) is 0. The Bertz CT molecular complexity index is 109. The van der Waals surface area contributed by atoms with Gasteiger partial charge >= 0.3 is 11.4 Å². The minimum Gasteiger partial charge on any atom is -0.283 e. The van der Waals surface area contributed by atoms with Crippen molar-refractivity contribution in [1.29, 1.82) is 0 Å². The second kappa shape index (κ2) is 5.79. The highest BCUT2D eigenvalue weighted by Gasteiger charge is 2.03. The lowest BCUT2D eigenvalue weighted by Crippen LogP contribution is -2.25. The Labute approximate surface area is 63.6 Å².